The van der Waals surface area contributed by atoms with E-state index in [0.717, 1.165) is 39.1 Å². The lowest BCUT2D eigenvalue weighted by Crippen LogP contribution is -2.21. The van der Waals surface area contributed by atoms with Gasteiger partial charge in [0.15, 0.2) is 0 Å². The van der Waals surface area contributed by atoms with Crippen LogP contribution in [0.4, 0.5) is 11.4 Å². The van der Waals surface area contributed by atoms with Gasteiger partial charge < -0.3 is 10.3 Å². The molecule has 4 aromatic rings. The molecule has 172 valence electrons. The Morgan fingerprint density at radius 1 is 1.12 bits per heavy atom. The molecule has 1 aromatic heterocycles. The number of carbonyl (C=O) groups is 1. The van der Waals surface area contributed by atoms with E-state index in [1.807, 2.05) is 62.4 Å². The van der Waals surface area contributed by atoms with E-state index >= 15 is 0 Å². The van der Waals surface area contributed by atoms with Crippen LogP contribution in [-0.4, -0.2) is 24.9 Å². The molecular formula is C26H23N4O3S-. The zero-order chi connectivity index (χ0) is 24.0. The average molecular weight is 472 g/mol. The van der Waals surface area contributed by atoms with Gasteiger partial charge in [0, 0.05) is 17.0 Å². The minimum atomic E-state index is -2.50. The first-order valence-electron chi connectivity index (χ1n) is 10.9. The molecule has 1 aliphatic rings. The van der Waals surface area contributed by atoms with Gasteiger partial charge in [0.05, 0.1) is 28.3 Å². The van der Waals surface area contributed by atoms with E-state index in [-0.39, 0.29) is 5.92 Å². The van der Waals surface area contributed by atoms with Crippen molar-refractivity contribution in [2.45, 2.75) is 26.2 Å². The summed E-state index contributed by atoms with van der Waals surface area (Å²) >= 11 is -2.50. The smallest absolute Gasteiger partial charge is 0.267 e. The summed E-state index contributed by atoms with van der Waals surface area (Å²) in [5.74, 6) is -0.704. The number of nitrogens with zero attached hydrogens (tertiary/aromatic N) is 2. The number of nitrogens with two attached hydrogens (primary N) is 1. The number of anilines is 2. The number of rotatable bonds is 5. The monoisotopic (exact) mass is 471 g/mol. The number of benzene rings is 3. The number of primary amides is 1. The zero-order valence-electron chi connectivity index (χ0n) is 18.7. The van der Waals surface area contributed by atoms with Gasteiger partial charge in [-0.2, -0.15) is 5.10 Å². The SMILES string of the molecule is Cc1ccc(C)c(N(c2ccc(C3Cc4ccccc4-c4n[nH]c(C(N)=O)c43)cc2)S(=O)[O-])c1. The van der Waals surface area contributed by atoms with Gasteiger partial charge >= 0.3 is 0 Å². The summed E-state index contributed by atoms with van der Waals surface area (Å²) in [5.41, 5.74) is 13.5. The first kappa shape index (κ1) is 22.1. The maximum atomic E-state index is 12.2. The lowest BCUT2D eigenvalue weighted by Gasteiger charge is -2.29. The van der Waals surface area contributed by atoms with Crippen molar-refractivity contribution in [1.29, 1.82) is 0 Å². The van der Waals surface area contributed by atoms with E-state index in [2.05, 4.69) is 16.3 Å². The third kappa shape index (κ3) is 3.70. The van der Waals surface area contributed by atoms with Crippen LogP contribution in [-0.2, 0) is 17.7 Å². The number of aromatic nitrogens is 2. The van der Waals surface area contributed by atoms with Crippen LogP contribution >= 0.6 is 0 Å². The predicted octanol–water partition coefficient (Wildman–Crippen LogP) is 4.41. The molecule has 1 heterocycles. The van der Waals surface area contributed by atoms with Crippen LogP contribution in [0.1, 0.15) is 44.2 Å². The summed E-state index contributed by atoms with van der Waals surface area (Å²) in [6.45, 7) is 3.81. The van der Waals surface area contributed by atoms with Crippen LogP contribution in [0.3, 0.4) is 0 Å². The molecule has 0 radical (unpaired) electrons. The summed E-state index contributed by atoms with van der Waals surface area (Å²) in [4.78, 5) is 12.1. The van der Waals surface area contributed by atoms with Gasteiger partial charge in [-0.05, 0) is 60.7 Å². The summed E-state index contributed by atoms with van der Waals surface area (Å²) in [5, 5.41) is 7.23. The van der Waals surface area contributed by atoms with E-state index in [4.69, 9.17) is 5.73 Å². The van der Waals surface area contributed by atoms with Crippen molar-refractivity contribution < 1.29 is 13.6 Å². The van der Waals surface area contributed by atoms with Crippen LogP contribution < -0.4 is 10.0 Å². The predicted molar refractivity (Wildman–Crippen MR) is 132 cm³/mol. The minimum absolute atomic E-state index is 0.146. The summed E-state index contributed by atoms with van der Waals surface area (Å²) in [6.07, 6.45) is 0.677. The van der Waals surface area contributed by atoms with Gasteiger partial charge in [-0.1, -0.05) is 48.5 Å². The number of H-pyrrole nitrogens is 1. The van der Waals surface area contributed by atoms with Crippen molar-refractivity contribution in [2.24, 2.45) is 5.73 Å². The highest BCUT2D eigenvalue weighted by molar-refractivity contribution is 7.81. The summed E-state index contributed by atoms with van der Waals surface area (Å²) < 4.78 is 25.7. The zero-order valence-corrected chi connectivity index (χ0v) is 19.6. The van der Waals surface area contributed by atoms with Crippen molar-refractivity contribution in [3.8, 4) is 11.3 Å². The lowest BCUT2D eigenvalue weighted by atomic mass is 9.77. The molecule has 0 fully saturated rings. The van der Waals surface area contributed by atoms with Gasteiger partial charge in [-0.3, -0.25) is 18.4 Å². The Morgan fingerprint density at radius 3 is 2.56 bits per heavy atom. The third-order valence-electron chi connectivity index (χ3n) is 6.36. The maximum absolute atomic E-state index is 12.2. The van der Waals surface area contributed by atoms with Gasteiger partial charge in [0.1, 0.15) is 5.69 Å². The topological polar surface area (TPSA) is 115 Å². The van der Waals surface area contributed by atoms with Crippen molar-refractivity contribution in [3.63, 3.8) is 0 Å². The number of fused-ring (bicyclic) bond motifs is 3. The molecule has 7 nitrogen and oxygen atoms in total. The standard InChI is InChI=1S/C26H24N4O3S/c1-15-7-8-16(2)22(13-15)30(34(32)33)19-11-9-17(10-12-19)21-14-18-5-3-4-6-20(18)24-23(21)25(26(27)31)29-28-24/h3-13,21H,14H2,1-2H3,(H2,27,31)(H,28,29)(H,32,33)/p-1. The largest absolute Gasteiger partial charge is 0.755 e. The van der Waals surface area contributed by atoms with Gasteiger partial charge in [-0.25, -0.2) is 0 Å². The Balaban J connectivity index is 1.58. The number of aromatic amines is 1. The van der Waals surface area contributed by atoms with Crippen LogP contribution in [0.2, 0.25) is 0 Å². The number of nitrogens with one attached hydrogen (secondary N) is 1. The fraction of sp³-hybridized carbons (Fsp3) is 0.154. The molecule has 1 amide bonds. The number of amides is 1. The first-order chi connectivity index (χ1) is 16.3. The van der Waals surface area contributed by atoms with Crippen molar-refractivity contribution in [1.82, 2.24) is 10.2 Å². The highest BCUT2D eigenvalue weighted by atomic mass is 32.2. The Morgan fingerprint density at radius 2 is 1.85 bits per heavy atom. The molecule has 0 saturated heterocycles. The van der Waals surface area contributed by atoms with E-state index in [1.165, 1.54) is 4.31 Å². The third-order valence-corrected chi connectivity index (χ3v) is 7.06. The summed E-state index contributed by atoms with van der Waals surface area (Å²) in [7, 11) is 0. The molecular weight excluding hydrogens is 448 g/mol. The number of carbonyl (C=O) groups excluding carboxylic acids is 1. The molecule has 3 N–H and O–H groups in total. The molecule has 0 spiro atoms. The second kappa shape index (κ2) is 8.55. The fourth-order valence-corrected chi connectivity index (χ4v) is 5.36. The highest BCUT2D eigenvalue weighted by Crippen LogP contribution is 2.43. The Bertz CT molecular complexity index is 1430. The molecule has 34 heavy (non-hydrogen) atoms. The van der Waals surface area contributed by atoms with Crippen LogP contribution in [0, 0.1) is 13.8 Å². The Kier molecular flexibility index (Phi) is 5.55. The van der Waals surface area contributed by atoms with E-state index < -0.39 is 17.2 Å². The number of hydrogen-bond acceptors (Lipinski definition) is 4. The molecule has 1 aliphatic carbocycles. The van der Waals surface area contributed by atoms with Gasteiger partial charge in [-0.15, -0.1) is 0 Å². The van der Waals surface area contributed by atoms with E-state index in [9.17, 15) is 13.6 Å². The van der Waals surface area contributed by atoms with Crippen LogP contribution in [0.25, 0.3) is 11.3 Å². The molecule has 3 aromatic carbocycles. The van der Waals surface area contributed by atoms with Gasteiger partial charge in [0.25, 0.3) is 5.91 Å². The molecule has 0 bridgehead atoms. The molecule has 2 atom stereocenters. The molecule has 5 rings (SSSR count). The molecule has 0 saturated carbocycles. The van der Waals surface area contributed by atoms with Crippen molar-refractivity contribution >= 4 is 28.5 Å². The fourth-order valence-electron chi connectivity index (χ4n) is 4.70. The van der Waals surface area contributed by atoms with Crippen LogP contribution in [0.5, 0.6) is 0 Å². The maximum Gasteiger partial charge on any atom is 0.267 e. The minimum Gasteiger partial charge on any atom is -0.755 e. The second-order valence-corrected chi connectivity index (χ2v) is 9.33. The highest BCUT2D eigenvalue weighted by Gasteiger charge is 2.32. The Labute approximate surface area is 200 Å². The van der Waals surface area contributed by atoms with Gasteiger partial charge in [0.2, 0.25) is 0 Å². The quantitative estimate of drug-likeness (QED) is 0.419. The van der Waals surface area contributed by atoms with Crippen molar-refractivity contribution in [2.75, 3.05) is 4.31 Å². The van der Waals surface area contributed by atoms with Crippen LogP contribution in [0.15, 0.2) is 66.7 Å². The van der Waals surface area contributed by atoms with Crippen molar-refractivity contribution in [3.05, 3.63) is 100 Å². The van der Waals surface area contributed by atoms with E-state index in [0.29, 0.717) is 23.5 Å². The molecule has 2 unspecified atom stereocenters. The number of aryl methyl sites for hydroxylation is 2. The number of hydrogen-bond donors (Lipinski definition) is 2. The Hall–Kier alpha value is -3.75. The van der Waals surface area contributed by atoms with E-state index in [1.54, 1.807) is 12.1 Å². The first-order valence-corrected chi connectivity index (χ1v) is 11.9. The lowest BCUT2D eigenvalue weighted by molar-refractivity contribution is 0.0994. The molecule has 8 heteroatoms. The normalized spacial score (nSPS) is 15.3. The molecule has 0 aliphatic heterocycles. The second-order valence-electron chi connectivity index (χ2n) is 8.53. The average Bonchev–Trinajstić information content (AvgIpc) is 3.27. The summed E-state index contributed by atoms with van der Waals surface area (Å²) in [6, 6.07) is 21.1.